The standard InChI is InChI=1S/C17H20BrNO/c1-13(20)17(12-19,15-7-3-2-4-8-15)11-14-6-5-9-16(18)10-14/h2-10,13,20H,11-12,19H2,1H3. The summed E-state index contributed by atoms with van der Waals surface area (Å²) in [6.45, 7) is 2.22. The summed E-state index contributed by atoms with van der Waals surface area (Å²) in [7, 11) is 0. The van der Waals surface area contributed by atoms with Crippen LogP contribution in [0.4, 0.5) is 0 Å². The number of benzene rings is 2. The molecule has 0 aliphatic rings. The summed E-state index contributed by atoms with van der Waals surface area (Å²) in [5.74, 6) is 0. The molecule has 0 fully saturated rings. The Bertz CT molecular complexity index is 556. The molecule has 0 spiro atoms. The molecule has 0 aliphatic heterocycles. The van der Waals surface area contributed by atoms with Crippen molar-refractivity contribution in [3.8, 4) is 0 Å². The van der Waals surface area contributed by atoms with Gasteiger partial charge in [0.05, 0.1) is 6.10 Å². The van der Waals surface area contributed by atoms with Crippen LogP contribution >= 0.6 is 15.9 Å². The van der Waals surface area contributed by atoms with Gasteiger partial charge in [-0.1, -0.05) is 58.4 Å². The Morgan fingerprint density at radius 1 is 1.15 bits per heavy atom. The van der Waals surface area contributed by atoms with Crippen LogP contribution in [0.5, 0.6) is 0 Å². The molecule has 0 bridgehead atoms. The lowest BCUT2D eigenvalue weighted by Gasteiger charge is -2.36. The van der Waals surface area contributed by atoms with E-state index in [1.807, 2.05) is 49.4 Å². The molecule has 0 aliphatic carbocycles. The molecular weight excluding hydrogens is 314 g/mol. The van der Waals surface area contributed by atoms with E-state index in [9.17, 15) is 5.11 Å². The summed E-state index contributed by atoms with van der Waals surface area (Å²) >= 11 is 3.49. The van der Waals surface area contributed by atoms with Crippen LogP contribution in [0.15, 0.2) is 59.1 Å². The molecule has 2 atom stereocenters. The van der Waals surface area contributed by atoms with Crippen LogP contribution < -0.4 is 5.73 Å². The Kier molecular flexibility index (Phi) is 4.97. The maximum absolute atomic E-state index is 10.4. The average Bonchev–Trinajstić information content (AvgIpc) is 2.45. The predicted molar refractivity (Wildman–Crippen MR) is 86.7 cm³/mol. The number of aliphatic hydroxyl groups is 1. The zero-order valence-corrected chi connectivity index (χ0v) is 13.2. The molecule has 0 amide bonds. The van der Waals surface area contributed by atoms with Gasteiger partial charge in [-0.2, -0.15) is 0 Å². The Hall–Kier alpha value is -1.16. The van der Waals surface area contributed by atoms with Gasteiger partial charge in [-0.3, -0.25) is 0 Å². The fourth-order valence-corrected chi connectivity index (χ4v) is 3.08. The van der Waals surface area contributed by atoms with Crippen molar-refractivity contribution in [2.75, 3.05) is 6.54 Å². The van der Waals surface area contributed by atoms with Gasteiger partial charge in [-0.25, -0.2) is 0 Å². The molecular formula is C17H20BrNO. The van der Waals surface area contributed by atoms with Gasteiger partial charge >= 0.3 is 0 Å². The van der Waals surface area contributed by atoms with Crippen LogP contribution in [0.25, 0.3) is 0 Å². The molecule has 2 aromatic carbocycles. The zero-order valence-electron chi connectivity index (χ0n) is 11.6. The molecule has 0 saturated heterocycles. The number of hydrogen-bond donors (Lipinski definition) is 2. The molecule has 106 valence electrons. The van der Waals surface area contributed by atoms with Crippen LogP contribution in [-0.2, 0) is 11.8 Å². The van der Waals surface area contributed by atoms with Gasteiger partial charge in [-0.15, -0.1) is 0 Å². The minimum absolute atomic E-state index is 0.404. The van der Waals surface area contributed by atoms with E-state index in [0.29, 0.717) is 13.0 Å². The van der Waals surface area contributed by atoms with Crippen molar-refractivity contribution in [3.63, 3.8) is 0 Å². The van der Waals surface area contributed by atoms with Crippen LogP contribution in [-0.4, -0.2) is 17.8 Å². The fourth-order valence-electron chi connectivity index (χ4n) is 2.63. The zero-order chi connectivity index (χ0) is 14.6. The van der Waals surface area contributed by atoms with E-state index in [0.717, 1.165) is 15.6 Å². The second kappa shape index (κ2) is 6.53. The second-order valence-electron chi connectivity index (χ2n) is 5.21. The number of rotatable bonds is 5. The van der Waals surface area contributed by atoms with Crippen molar-refractivity contribution in [2.24, 2.45) is 5.73 Å². The van der Waals surface area contributed by atoms with E-state index >= 15 is 0 Å². The van der Waals surface area contributed by atoms with Crippen molar-refractivity contribution in [3.05, 3.63) is 70.2 Å². The molecule has 0 radical (unpaired) electrons. The van der Waals surface area contributed by atoms with Gasteiger partial charge in [0.25, 0.3) is 0 Å². The molecule has 0 heterocycles. The molecule has 20 heavy (non-hydrogen) atoms. The molecule has 2 unspecified atom stereocenters. The quantitative estimate of drug-likeness (QED) is 0.882. The highest BCUT2D eigenvalue weighted by Crippen LogP contribution is 2.32. The normalized spacial score (nSPS) is 15.6. The number of halogens is 1. The first-order valence-electron chi connectivity index (χ1n) is 6.76. The number of hydrogen-bond acceptors (Lipinski definition) is 2. The lowest BCUT2D eigenvalue weighted by molar-refractivity contribution is 0.100. The van der Waals surface area contributed by atoms with Gasteiger partial charge in [0.1, 0.15) is 0 Å². The second-order valence-corrected chi connectivity index (χ2v) is 6.12. The molecule has 2 aromatic rings. The van der Waals surface area contributed by atoms with E-state index in [4.69, 9.17) is 5.73 Å². The summed E-state index contributed by atoms with van der Waals surface area (Å²) in [5, 5.41) is 10.4. The monoisotopic (exact) mass is 333 g/mol. The van der Waals surface area contributed by atoms with Gasteiger partial charge in [0.15, 0.2) is 0 Å². The number of nitrogens with two attached hydrogens (primary N) is 1. The number of aliphatic hydroxyl groups excluding tert-OH is 1. The molecule has 0 saturated carbocycles. The summed E-state index contributed by atoms with van der Waals surface area (Å²) in [5.41, 5.74) is 7.84. The van der Waals surface area contributed by atoms with E-state index in [-0.39, 0.29) is 0 Å². The van der Waals surface area contributed by atoms with Crippen molar-refractivity contribution in [1.29, 1.82) is 0 Å². The molecule has 2 nitrogen and oxygen atoms in total. The molecule has 3 N–H and O–H groups in total. The van der Waals surface area contributed by atoms with Crippen LogP contribution in [0.1, 0.15) is 18.1 Å². The Balaban J connectivity index is 2.43. The maximum Gasteiger partial charge on any atom is 0.0624 e. The van der Waals surface area contributed by atoms with E-state index < -0.39 is 11.5 Å². The predicted octanol–water partition coefficient (Wildman–Crippen LogP) is 3.27. The van der Waals surface area contributed by atoms with E-state index in [1.165, 1.54) is 0 Å². The van der Waals surface area contributed by atoms with Crippen molar-refractivity contribution in [2.45, 2.75) is 24.9 Å². The Morgan fingerprint density at radius 2 is 1.85 bits per heavy atom. The lowest BCUT2D eigenvalue weighted by Crippen LogP contribution is -2.46. The SMILES string of the molecule is CC(O)C(CN)(Cc1cccc(Br)c1)c1ccccc1. The molecule has 3 heteroatoms. The maximum atomic E-state index is 10.4. The third-order valence-corrected chi connectivity index (χ3v) is 4.41. The van der Waals surface area contributed by atoms with E-state index in [2.05, 4.69) is 28.1 Å². The smallest absolute Gasteiger partial charge is 0.0624 e. The Labute approximate surface area is 128 Å². The fraction of sp³-hybridized carbons (Fsp3) is 0.294. The summed E-state index contributed by atoms with van der Waals surface area (Å²) < 4.78 is 1.04. The first-order valence-corrected chi connectivity index (χ1v) is 7.56. The van der Waals surface area contributed by atoms with E-state index in [1.54, 1.807) is 0 Å². The highest BCUT2D eigenvalue weighted by atomic mass is 79.9. The summed E-state index contributed by atoms with van der Waals surface area (Å²) in [4.78, 5) is 0. The molecule has 2 rings (SSSR count). The summed E-state index contributed by atoms with van der Waals surface area (Å²) in [6, 6.07) is 18.2. The van der Waals surface area contributed by atoms with Crippen molar-refractivity contribution >= 4 is 15.9 Å². The lowest BCUT2D eigenvalue weighted by atomic mass is 9.72. The Morgan fingerprint density at radius 3 is 2.40 bits per heavy atom. The first kappa shape index (κ1) is 15.2. The van der Waals surface area contributed by atoms with Crippen molar-refractivity contribution < 1.29 is 5.11 Å². The van der Waals surface area contributed by atoms with Gasteiger partial charge < -0.3 is 10.8 Å². The molecule has 0 aromatic heterocycles. The minimum atomic E-state index is -0.520. The summed E-state index contributed by atoms with van der Waals surface area (Å²) in [6.07, 6.45) is 0.193. The van der Waals surface area contributed by atoms with Crippen LogP contribution in [0.2, 0.25) is 0 Å². The topological polar surface area (TPSA) is 46.2 Å². The van der Waals surface area contributed by atoms with Crippen molar-refractivity contribution in [1.82, 2.24) is 0 Å². The minimum Gasteiger partial charge on any atom is -0.392 e. The average molecular weight is 334 g/mol. The third kappa shape index (κ3) is 3.11. The van der Waals surface area contributed by atoms with Gasteiger partial charge in [0, 0.05) is 16.4 Å². The van der Waals surface area contributed by atoms with Crippen LogP contribution in [0.3, 0.4) is 0 Å². The largest absolute Gasteiger partial charge is 0.392 e. The van der Waals surface area contributed by atoms with Crippen LogP contribution in [0, 0.1) is 0 Å². The third-order valence-electron chi connectivity index (χ3n) is 3.92. The highest BCUT2D eigenvalue weighted by molar-refractivity contribution is 9.10. The van der Waals surface area contributed by atoms with Gasteiger partial charge in [-0.05, 0) is 36.6 Å². The highest BCUT2D eigenvalue weighted by Gasteiger charge is 2.36. The van der Waals surface area contributed by atoms with Gasteiger partial charge in [0.2, 0.25) is 0 Å². The first-order chi connectivity index (χ1) is 9.58.